The number of aryl methyl sites for hydroxylation is 1. The van der Waals surface area contributed by atoms with Gasteiger partial charge < -0.3 is 10.4 Å². The van der Waals surface area contributed by atoms with E-state index in [1.807, 2.05) is 6.92 Å². The molecule has 1 atom stereocenters. The van der Waals surface area contributed by atoms with Crippen LogP contribution in [0.25, 0.3) is 0 Å². The standard InChI is InChI=1S/C16H22FNO2/c1-12(7-8-13-5-2-3-6-14(13)17)15(19)18-11-16(20)9-4-10-16/h2-3,5-6,12,20H,4,7-11H2,1H3,(H,18,19). The Balaban J connectivity index is 1.75. The molecule has 4 heteroatoms. The first-order valence-electron chi connectivity index (χ1n) is 7.24. The quantitative estimate of drug-likeness (QED) is 0.840. The number of amides is 1. The molecule has 1 fully saturated rings. The summed E-state index contributed by atoms with van der Waals surface area (Å²) >= 11 is 0. The molecule has 0 spiro atoms. The lowest BCUT2D eigenvalue weighted by molar-refractivity contribution is -0.127. The Morgan fingerprint density at radius 1 is 1.45 bits per heavy atom. The van der Waals surface area contributed by atoms with Crippen LogP contribution in [0.5, 0.6) is 0 Å². The van der Waals surface area contributed by atoms with Gasteiger partial charge in [0.05, 0.1) is 5.60 Å². The van der Waals surface area contributed by atoms with Gasteiger partial charge >= 0.3 is 0 Å². The number of benzene rings is 1. The minimum Gasteiger partial charge on any atom is -0.388 e. The topological polar surface area (TPSA) is 49.3 Å². The maximum atomic E-state index is 13.5. The Morgan fingerprint density at radius 3 is 2.75 bits per heavy atom. The number of carbonyl (C=O) groups excluding carboxylic acids is 1. The zero-order valence-corrected chi connectivity index (χ0v) is 11.9. The zero-order chi connectivity index (χ0) is 14.6. The summed E-state index contributed by atoms with van der Waals surface area (Å²) in [5.74, 6) is -0.469. The second kappa shape index (κ2) is 6.35. The highest BCUT2D eigenvalue weighted by Gasteiger charge is 2.34. The number of carbonyl (C=O) groups is 1. The first-order valence-corrected chi connectivity index (χ1v) is 7.24. The lowest BCUT2D eigenvalue weighted by Gasteiger charge is -2.36. The highest BCUT2D eigenvalue weighted by molar-refractivity contribution is 5.78. The molecule has 2 rings (SSSR count). The third-order valence-electron chi connectivity index (χ3n) is 4.13. The summed E-state index contributed by atoms with van der Waals surface area (Å²) in [6.07, 6.45) is 3.69. The molecule has 1 aliphatic carbocycles. The van der Waals surface area contributed by atoms with Gasteiger partial charge in [0.25, 0.3) is 0 Å². The van der Waals surface area contributed by atoms with Crippen molar-refractivity contribution in [3.05, 3.63) is 35.6 Å². The van der Waals surface area contributed by atoms with Gasteiger partial charge in [0.1, 0.15) is 5.82 Å². The van der Waals surface area contributed by atoms with Gasteiger partial charge in [-0.05, 0) is 43.7 Å². The fourth-order valence-electron chi connectivity index (χ4n) is 2.39. The molecule has 2 N–H and O–H groups in total. The van der Waals surface area contributed by atoms with Crippen LogP contribution in [0.2, 0.25) is 0 Å². The van der Waals surface area contributed by atoms with Crippen LogP contribution in [-0.2, 0) is 11.2 Å². The number of rotatable bonds is 6. The summed E-state index contributed by atoms with van der Waals surface area (Å²) in [4.78, 5) is 11.9. The van der Waals surface area contributed by atoms with Gasteiger partial charge in [0, 0.05) is 12.5 Å². The second-order valence-electron chi connectivity index (χ2n) is 5.83. The van der Waals surface area contributed by atoms with Gasteiger partial charge in [-0.25, -0.2) is 4.39 Å². The number of aliphatic hydroxyl groups is 1. The average molecular weight is 279 g/mol. The van der Waals surface area contributed by atoms with E-state index in [9.17, 15) is 14.3 Å². The molecule has 3 nitrogen and oxygen atoms in total. The van der Waals surface area contributed by atoms with Crippen molar-refractivity contribution < 1.29 is 14.3 Å². The Bertz CT molecular complexity index is 471. The van der Waals surface area contributed by atoms with E-state index in [1.54, 1.807) is 18.2 Å². The van der Waals surface area contributed by atoms with Crippen molar-refractivity contribution in [1.82, 2.24) is 5.32 Å². The fourth-order valence-corrected chi connectivity index (χ4v) is 2.39. The summed E-state index contributed by atoms with van der Waals surface area (Å²) < 4.78 is 13.5. The van der Waals surface area contributed by atoms with Crippen LogP contribution in [0.15, 0.2) is 24.3 Å². The van der Waals surface area contributed by atoms with Gasteiger partial charge in [0.15, 0.2) is 0 Å². The fraction of sp³-hybridized carbons (Fsp3) is 0.562. The molecular weight excluding hydrogens is 257 g/mol. The van der Waals surface area contributed by atoms with Crippen molar-refractivity contribution in [2.24, 2.45) is 5.92 Å². The second-order valence-corrected chi connectivity index (χ2v) is 5.83. The third-order valence-corrected chi connectivity index (χ3v) is 4.13. The minimum atomic E-state index is -0.694. The lowest BCUT2D eigenvalue weighted by Crippen LogP contribution is -2.48. The summed E-state index contributed by atoms with van der Waals surface area (Å²) in [7, 11) is 0. The molecule has 0 radical (unpaired) electrons. The van der Waals surface area contributed by atoms with Crippen LogP contribution in [0, 0.1) is 11.7 Å². The van der Waals surface area contributed by atoms with Crippen LogP contribution >= 0.6 is 0 Å². The smallest absolute Gasteiger partial charge is 0.222 e. The van der Waals surface area contributed by atoms with E-state index in [-0.39, 0.29) is 17.6 Å². The van der Waals surface area contributed by atoms with E-state index in [1.165, 1.54) is 6.07 Å². The number of hydrogen-bond donors (Lipinski definition) is 2. The maximum Gasteiger partial charge on any atom is 0.222 e. The van der Waals surface area contributed by atoms with Gasteiger partial charge in [-0.3, -0.25) is 4.79 Å². The summed E-state index contributed by atoms with van der Waals surface area (Å²) in [5.41, 5.74) is -0.0502. The Hall–Kier alpha value is -1.42. The highest BCUT2D eigenvalue weighted by Crippen LogP contribution is 2.30. The van der Waals surface area contributed by atoms with Crippen LogP contribution in [0.4, 0.5) is 4.39 Å². The number of nitrogens with one attached hydrogen (secondary N) is 1. The first-order chi connectivity index (χ1) is 9.50. The molecule has 20 heavy (non-hydrogen) atoms. The van der Waals surface area contributed by atoms with Crippen LogP contribution < -0.4 is 5.32 Å². The molecule has 0 aromatic heterocycles. The van der Waals surface area contributed by atoms with Crippen LogP contribution in [-0.4, -0.2) is 23.2 Å². The Kier molecular flexibility index (Phi) is 4.76. The normalized spacial score (nSPS) is 18.1. The Morgan fingerprint density at radius 2 is 2.15 bits per heavy atom. The monoisotopic (exact) mass is 279 g/mol. The first kappa shape index (κ1) is 15.0. The van der Waals surface area contributed by atoms with E-state index in [0.29, 0.717) is 24.9 Å². The van der Waals surface area contributed by atoms with E-state index in [4.69, 9.17) is 0 Å². The van der Waals surface area contributed by atoms with Crippen molar-refractivity contribution in [2.75, 3.05) is 6.54 Å². The largest absolute Gasteiger partial charge is 0.388 e. The molecule has 0 heterocycles. The van der Waals surface area contributed by atoms with Crippen molar-refractivity contribution in [3.63, 3.8) is 0 Å². The molecule has 0 aliphatic heterocycles. The molecule has 1 aliphatic rings. The third kappa shape index (κ3) is 3.79. The molecular formula is C16H22FNO2. The number of hydrogen-bond acceptors (Lipinski definition) is 2. The molecule has 0 saturated heterocycles. The van der Waals surface area contributed by atoms with Crippen LogP contribution in [0.1, 0.15) is 38.2 Å². The predicted octanol–water partition coefficient (Wildman–Crippen LogP) is 2.43. The van der Waals surface area contributed by atoms with Crippen molar-refractivity contribution >= 4 is 5.91 Å². The van der Waals surface area contributed by atoms with E-state index in [2.05, 4.69) is 5.32 Å². The number of halogens is 1. The molecule has 0 bridgehead atoms. The van der Waals surface area contributed by atoms with Gasteiger partial charge in [-0.2, -0.15) is 0 Å². The van der Waals surface area contributed by atoms with Crippen molar-refractivity contribution in [1.29, 1.82) is 0 Å². The molecule has 1 amide bonds. The van der Waals surface area contributed by atoms with Crippen molar-refractivity contribution in [2.45, 2.75) is 44.6 Å². The van der Waals surface area contributed by atoms with E-state index >= 15 is 0 Å². The molecule has 1 saturated carbocycles. The highest BCUT2D eigenvalue weighted by atomic mass is 19.1. The van der Waals surface area contributed by atoms with Crippen LogP contribution in [0.3, 0.4) is 0 Å². The molecule has 110 valence electrons. The lowest BCUT2D eigenvalue weighted by atomic mass is 9.80. The minimum absolute atomic E-state index is 0.0679. The summed E-state index contributed by atoms with van der Waals surface area (Å²) in [5, 5.41) is 12.7. The maximum absolute atomic E-state index is 13.5. The zero-order valence-electron chi connectivity index (χ0n) is 11.9. The Labute approximate surface area is 119 Å². The van der Waals surface area contributed by atoms with E-state index < -0.39 is 5.60 Å². The van der Waals surface area contributed by atoms with Crippen molar-refractivity contribution in [3.8, 4) is 0 Å². The molecule has 1 unspecified atom stereocenters. The van der Waals surface area contributed by atoms with Gasteiger partial charge in [-0.1, -0.05) is 25.1 Å². The summed E-state index contributed by atoms with van der Waals surface area (Å²) in [6.45, 7) is 2.16. The van der Waals surface area contributed by atoms with Gasteiger partial charge in [-0.15, -0.1) is 0 Å². The molecule has 1 aromatic rings. The SMILES string of the molecule is CC(CCc1ccccc1F)C(=O)NCC1(O)CCC1. The summed E-state index contributed by atoms with van der Waals surface area (Å²) in [6, 6.07) is 6.65. The molecule has 1 aromatic carbocycles. The average Bonchev–Trinajstić information content (AvgIpc) is 2.41. The van der Waals surface area contributed by atoms with Gasteiger partial charge in [0.2, 0.25) is 5.91 Å². The van der Waals surface area contributed by atoms with E-state index in [0.717, 1.165) is 19.3 Å². The predicted molar refractivity (Wildman–Crippen MR) is 75.7 cm³/mol.